The molecule has 0 heterocycles. The Labute approximate surface area is 105 Å². The van der Waals surface area contributed by atoms with Crippen molar-refractivity contribution >= 4 is 23.3 Å². The van der Waals surface area contributed by atoms with Crippen LogP contribution >= 0.6 is 11.6 Å². The summed E-state index contributed by atoms with van der Waals surface area (Å²) in [4.78, 5) is 11.5. The fourth-order valence-corrected chi connectivity index (χ4v) is 1.33. The van der Waals surface area contributed by atoms with Crippen molar-refractivity contribution in [2.24, 2.45) is 0 Å². The van der Waals surface area contributed by atoms with Gasteiger partial charge in [0.1, 0.15) is 11.5 Å². The van der Waals surface area contributed by atoms with Crippen LogP contribution in [0, 0.1) is 0 Å². The molecular formula is C11H15ClN2O3. The minimum absolute atomic E-state index is 0.336. The van der Waals surface area contributed by atoms with Gasteiger partial charge in [0.25, 0.3) is 0 Å². The largest absolute Gasteiger partial charge is 0.497 e. The Bertz CT molecular complexity index is 385. The lowest BCUT2D eigenvalue weighted by molar-refractivity contribution is 0.252. The second-order valence-electron chi connectivity index (χ2n) is 3.14. The van der Waals surface area contributed by atoms with Crippen LogP contribution in [0.5, 0.6) is 11.5 Å². The van der Waals surface area contributed by atoms with Gasteiger partial charge in [-0.2, -0.15) is 0 Å². The Morgan fingerprint density at radius 3 is 2.71 bits per heavy atom. The second-order valence-corrected chi connectivity index (χ2v) is 3.51. The SMILES string of the molecule is COc1ccc(OC)c(NC(=O)NCCCl)c1. The molecule has 2 amide bonds. The normalized spacial score (nSPS) is 9.59. The van der Waals surface area contributed by atoms with Crippen molar-refractivity contribution in [3.05, 3.63) is 18.2 Å². The van der Waals surface area contributed by atoms with Gasteiger partial charge in [0.2, 0.25) is 0 Å². The van der Waals surface area contributed by atoms with E-state index in [9.17, 15) is 4.79 Å². The number of anilines is 1. The quantitative estimate of drug-likeness (QED) is 0.795. The Balaban J connectivity index is 2.76. The maximum Gasteiger partial charge on any atom is 0.319 e. The summed E-state index contributed by atoms with van der Waals surface area (Å²) in [5, 5.41) is 5.25. The number of benzene rings is 1. The Kier molecular flexibility index (Phi) is 5.42. The number of nitrogens with one attached hydrogen (secondary N) is 2. The van der Waals surface area contributed by atoms with Crippen LogP contribution in [0.15, 0.2) is 18.2 Å². The van der Waals surface area contributed by atoms with Crippen molar-refractivity contribution < 1.29 is 14.3 Å². The predicted octanol–water partition coefficient (Wildman–Crippen LogP) is 2.06. The van der Waals surface area contributed by atoms with E-state index in [2.05, 4.69) is 10.6 Å². The third-order valence-corrected chi connectivity index (χ3v) is 2.22. The number of hydrogen-bond acceptors (Lipinski definition) is 3. The van der Waals surface area contributed by atoms with Gasteiger partial charge in [-0.15, -0.1) is 11.6 Å². The van der Waals surface area contributed by atoms with E-state index >= 15 is 0 Å². The number of ether oxygens (including phenoxy) is 2. The van der Waals surface area contributed by atoms with Gasteiger partial charge in [-0.25, -0.2) is 4.79 Å². The lowest BCUT2D eigenvalue weighted by Crippen LogP contribution is -2.30. The summed E-state index contributed by atoms with van der Waals surface area (Å²) in [5.41, 5.74) is 0.541. The highest BCUT2D eigenvalue weighted by Gasteiger charge is 2.08. The third kappa shape index (κ3) is 4.03. The average Bonchev–Trinajstić information content (AvgIpc) is 2.36. The van der Waals surface area contributed by atoms with Gasteiger partial charge in [-0.05, 0) is 12.1 Å². The molecule has 0 bridgehead atoms. The van der Waals surface area contributed by atoms with Crippen molar-refractivity contribution in [1.29, 1.82) is 0 Å². The topological polar surface area (TPSA) is 59.6 Å². The average molecular weight is 259 g/mol. The summed E-state index contributed by atoms with van der Waals surface area (Å²) < 4.78 is 10.2. The van der Waals surface area contributed by atoms with E-state index in [0.29, 0.717) is 29.6 Å². The standard InChI is InChI=1S/C11H15ClN2O3/c1-16-8-3-4-10(17-2)9(7-8)14-11(15)13-6-5-12/h3-4,7H,5-6H2,1-2H3,(H2,13,14,15). The summed E-state index contributed by atoms with van der Waals surface area (Å²) >= 11 is 5.47. The molecule has 0 unspecified atom stereocenters. The van der Waals surface area contributed by atoms with E-state index in [-0.39, 0.29) is 6.03 Å². The molecule has 0 saturated heterocycles. The van der Waals surface area contributed by atoms with E-state index in [4.69, 9.17) is 21.1 Å². The monoisotopic (exact) mass is 258 g/mol. The highest BCUT2D eigenvalue weighted by molar-refractivity contribution is 6.18. The molecule has 0 atom stereocenters. The van der Waals surface area contributed by atoms with Crippen LogP contribution < -0.4 is 20.1 Å². The van der Waals surface area contributed by atoms with Crippen LogP contribution in [0.4, 0.5) is 10.5 Å². The molecule has 0 aromatic heterocycles. The van der Waals surface area contributed by atoms with Crippen LogP contribution in [0.2, 0.25) is 0 Å². The van der Waals surface area contributed by atoms with Gasteiger partial charge in [-0.1, -0.05) is 0 Å². The second kappa shape index (κ2) is 6.85. The summed E-state index contributed by atoms with van der Waals surface area (Å²) in [6, 6.07) is 4.81. The maximum absolute atomic E-state index is 11.5. The molecule has 0 radical (unpaired) electrons. The smallest absolute Gasteiger partial charge is 0.319 e. The molecule has 1 aromatic carbocycles. The minimum atomic E-state index is -0.336. The van der Waals surface area contributed by atoms with Gasteiger partial charge in [0.05, 0.1) is 19.9 Å². The molecule has 1 rings (SSSR count). The zero-order chi connectivity index (χ0) is 12.7. The molecule has 5 nitrogen and oxygen atoms in total. The molecule has 17 heavy (non-hydrogen) atoms. The molecule has 94 valence electrons. The first-order chi connectivity index (χ1) is 8.21. The zero-order valence-corrected chi connectivity index (χ0v) is 10.5. The van der Waals surface area contributed by atoms with Gasteiger partial charge < -0.3 is 20.1 Å². The van der Waals surface area contributed by atoms with E-state index in [0.717, 1.165) is 0 Å². The number of carbonyl (C=O) groups excluding carboxylic acids is 1. The Morgan fingerprint density at radius 1 is 1.35 bits per heavy atom. The highest BCUT2D eigenvalue weighted by Crippen LogP contribution is 2.28. The Hall–Kier alpha value is -1.62. The van der Waals surface area contributed by atoms with E-state index in [1.54, 1.807) is 25.3 Å². The van der Waals surface area contributed by atoms with Crippen LogP contribution in [0.25, 0.3) is 0 Å². The van der Waals surface area contributed by atoms with Crippen LogP contribution in [-0.4, -0.2) is 32.7 Å². The number of alkyl halides is 1. The fraction of sp³-hybridized carbons (Fsp3) is 0.364. The van der Waals surface area contributed by atoms with Gasteiger partial charge in [0.15, 0.2) is 0 Å². The summed E-state index contributed by atoms with van der Waals surface area (Å²) in [6.07, 6.45) is 0. The van der Waals surface area contributed by atoms with Crippen molar-refractivity contribution in [1.82, 2.24) is 5.32 Å². The first-order valence-electron chi connectivity index (χ1n) is 5.04. The molecule has 2 N–H and O–H groups in total. The first kappa shape index (κ1) is 13.4. The number of amides is 2. The summed E-state index contributed by atoms with van der Waals surface area (Å²) in [5.74, 6) is 1.56. The third-order valence-electron chi connectivity index (χ3n) is 2.03. The van der Waals surface area contributed by atoms with E-state index in [1.165, 1.54) is 7.11 Å². The summed E-state index contributed by atoms with van der Waals surface area (Å²) in [7, 11) is 3.09. The maximum atomic E-state index is 11.5. The summed E-state index contributed by atoms with van der Waals surface area (Å²) in [6.45, 7) is 0.402. The lowest BCUT2D eigenvalue weighted by Gasteiger charge is -2.12. The number of hydrogen-bond donors (Lipinski definition) is 2. The zero-order valence-electron chi connectivity index (χ0n) is 9.75. The minimum Gasteiger partial charge on any atom is -0.497 e. The number of rotatable bonds is 5. The van der Waals surface area contributed by atoms with Crippen LogP contribution in [-0.2, 0) is 0 Å². The van der Waals surface area contributed by atoms with Gasteiger partial charge in [0, 0.05) is 18.5 Å². The molecule has 1 aromatic rings. The van der Waals surface area contributed by atoms with Crippen molar-refractivity contribution in [3.63, 3.8) is 0 Å². The number of urea groups is 1. The van der Waals surface area contributed by atoms with Crippen molar-refractivity contribution in [2.75, 3.05) is 32.0 Å². The fourth-order valence-electron chi connectivity index (χ4n) is 1.24. The molecule has 6 heteroatoms. The predicted molar refractivity (Wildman–Crippen MR) is 67.3 cm³/mol. The molecule has 0 fully saturated rings. The number of methoxy groups -OCH3 is 2. The van der Waals surface area contributed by atoms with Crippen molar-refractivity contribution in [3.8, 4) is 11.5 Å². The molecule has 0 aliphatic carbocycles. The molecule has 0 aliphatic rings. The molecule has 0 spiro atoms. The first-order valence-corrected chi connectivity index (χ1v) is 5.57. The van der Waals surface area contributed by atoms with Crippen molar-refractivity contribution in [2.45, 2.75) is 0 Å². The number of carbonyl (C=O) groups is 1. The highest BCUT2D eigenvalue weighted by atomic mass is 35.5. The van der Waals surface area contributed by atoms with Crippen LogP contribution in [0.3, 0.4) is 0 Å². The van der Waals surface area contributed by atoms with Crippen LogP contribution in [0.1, 0.15) is 0 Å². The molecule has 0 saturated carbocycles. The van der Waals surface area contributed by atoms with E-state index < -0.39 is 0 Å². The van der Waals surface area contributed by atoms with E-state index in [1.807, 2.05) is 0 Å². The molecule has 0 aliphatic heterocycles. The Morgan fingerprint density at radius 2 is 2.12 bits per heavy atom. The van der Waals surface area contributed by atoms with Gasteiger partial charge >= 0.3 is 6.03 Å². The number of halogens is 1. The lowest BCUT2D eigenvalue weighted by atomic mass is 10.2. The van der Waals surface area contributed by atoms with Gasteiger partial charge in [-0.3, -0.25) is 0 Å². The molecular weight excluding hydrogens is 244 g/mol.